The number of anilines is 1. The Morgan fingerprint density at radius 3 is 2.89 bits per heavy atom. The summed E-state index contributed by atoms with van der Waals surface area (Å²) in [4.78, 5) is 11.8. The van der Waals surface area contributed by atoms with E-state index in [1.807, 2.05) is 6.92 Å². The predicted octanol–water partition coefficient (Wildman–Crippen LogP) is 0.863. The summed E-state index contributed by atoms with van der Waals surface area (Å²) >= 11 is 0. The second kappa shape index (κ2) is 5.46. The molecule has 0 spiro atoms. The minimum Gasteiger partial charge on any atom is -0.360 e. The van der Waals surface area contributed by atoms with E-state index in [2.05, 4.69) is 15.5 Å². The fourth-order valence-corrected chi connectivity index (χ4v) is 1.43. The van der Waals surface area contributed by atoms with E-state index in [9.17, 15) is 4.79 Å². The molecule has 18 heavy (non-hydrogen) atoms. The van der Waals surface area contributed by atoms with E-state index in [-0.39, 0.29) is 5.91 Å². The van der Waals surface area contributed by atoms with Gasteiger partial charge in [0.1, 0.15) is 6.73 Å². The maximum atomic E-state index is 11.8. The zero-order valence-corrected chi connectivity index (χ0v) is 10.3. The molecule has 2 rings (SSSR count). The molecule has 2 aromatic rings. The molecule has 1 N–H and O–H groups in total. The molecule has 2 heterocycles. The Morgan fingerprint density at radius 1 is 1.39 bits per heavy atom. The van der Waals surface area contributed by atoms with Crippen LogP contribution < -0.4 is 5.32 Å². The molecule has 0 bridgehead atoms. The van der Waals surface area contributed by atoms with Gasteiger partial charge in [-0.2, -0.15) is 10.2 Å². The fraction of sp³-hybridized carbons (Fsp3) is 0.364. The number of nitrogens with one attached hydrogen (secondary N) is 1. The maximum Gasteiger partial charge on any atom is 0.258 e. The topological polar surface area (TPSA) is 74.0 Å². The number of carbonyl (C=O) groups excluding carboxylic acids is 1. The molecular weight excluding hydrogens is 234 g/mol. The van der Waals surface area contributed by atoms with Crippen molar-refractivity contribution in [1.29, 1.82) is 0 Å². The van der Waals surface area contributed by atoms with Gasteiger partial charge in [-0.1, -0.05) is 0 Å². The molecule has 96 valence electrons. The molecule has 2 aromatic heterocycles. The van der Waals surface area contributed by atoms with Crippen LogP contribution in [0, 0.1) is 0 Å². The van der Waals surface area contributed by atoms with Crippen molar-refractivity contribution in [1.82, 2.24) is 19.6 Å². The number of aromatic nitrogens is 4. The van der Waals surface area contributed by atoms with E-state index >= 15 is 0 Å². The van der Waals surface area contributed by atoms with Gasteiger partial charge in [-0.05, 0) is 6.92 Å². The summed E-state index contributed by atoms with van der Waals surface area (Å²) in [5.41, 5.74) is 1.14. The lowest BCUT2D eigenvalue weighted by atomic mass is 10.3. The van der Waals surface area contributed by atoms with Gasteiger partial charge in [0.2, 0.25) is 0 Å². The van der Waals surface area contributed by atoms with Crippen molar-refractivity contribution in [3.05, 3.63) is 30.4 Å². The first-order chi connectivity index (χ1) is 8.69. The van der Waals surface area contributed by atoms with E-state index in [0.29, 0.717) is 24.6 Å². The summed E-state index contributed by atoms with van der Waals surface area (Å²) in [7, 11) is 1.76. The van der Waals surface area contributed by atoms with Crippen LogP contribution in [0.4, 0.5) is 5.69 Å². The number of ether oxygens (including phenoxy) is 1. The van der Waals surface area contributed by atoms with Gasteiger partial charge in [-0.25, -0.2) is 4.68 Å². The van der Waals surface area contributed by atoms with Crippen molar-refractivity contribution >= 4 is 11.6 Å². The van der Waals surface area contributed by atoms with Crippen LogP contribution >= 0.6 is 0 Å². The Kier molecular flexibility index (Phi) is 3.73. The van der Waals surface area contributed by atoms with Gasteiger partial charge < -0.3 is 10.1 Å². The van der Waals surface area contributed by atoms with Crippen LogP contribution in [0.3, 0.4) is 0 Å². The van der Waals surface area contributed by atoms with E-state index < -0.39 is 0 Å². The van der Waals surface area contributed by atoms with Crippen LogP contribution in [0.25, 0.3) is 0 Å². The van der Waals surface area contributed by atoms with Gasteiger partial charge in [0, 0.05) is 19.9 Å². The monoisotopic (exact) mass is 249 g/mol. The second-order valence-electron chi connectivity index (χ2n) is 3.75. The van der Waals surface area contributed by atoms with E-state index in [4.69, 9.17) is 4.74 Å². The summed E-state index contributed by atoms with van der Waals surface area (Å²) in [6.07, 6.45) is 6.46. The number of amides is 1. The summed E-state index contributed by atoms with van der Waals surface area (Å²) in [6, 6.07) is 0. The number of hydrogen-bond donors (Lipinski definition) is 1. The summed E-state index contributed by atoms with van der Waals surface area (Å²) in [6.45, 7) is 2.91. The highest BCUT2D eigenvalue weighted by molar-refractivity contribution is 6.03. The number of nitrogens with zero attached hydrogens (tertiary/aromatic N) is 4. The first-order valence-corrected chi connectivity index (χ1v) is 5.59. The lowest BCUT2D eigenvalue weighted by Crippen LogP contribution is -2.10. The van der Waals surface area contributed by atoms with Crippen molar-refractivity contribution < 1.29 is 9.53 Å². The molecule has 0 unspecified atom stereocenters. The van der Waals surface area contributed by atoms with Gasteiger partial charge in [0.15, 0.2) is 0 Å². The predicted molar refractivity (Wildman–Crippen MR) is 65.0 cm³/mol. The molecule has 0 saturated carbocycles. The quantitative estimate of drug-likeness (QED) is 0.853. The number of aryl methyl sites for hydroxylation is 1. The van der Waals surface area contributed by atoms with Gasteiger partial charge in [0.05, 0.1) is 29.8 Å². The largest absolute Gasteiger partial charge is 0.360 e. The van der Waals surface area contributed by atoms with Gasteiger partial charge in [-0.15, -0.1) is 0 Å². The van der Waals surface area contributed by atoms with Crippen LogP contribution in [0.15, 0.2) is 24.8 Å². The minimum absolute atomic E-state index is 0.209. The average Bonchev–Trinajstić information content (AvgIpc) is 2.96. The smallest absolute Gasteiger partial charge is 0.258 e. The van der Waals surface area contributed by atoms with Crippen LogP contribution in [-0.4, -0.2) is 32.1 Å². The molecule has 0 aromatic carbocycles. The Balaban J connectivity index is 1.97. The second-order valence-corrected chi connectivity index (χ2v) is 3.75. The SMILES string of the molecule is CCOCn1cc(NC(=O)c2cnn(C)c2)cn1. The Morgan fingerprint density at radius 2 is 2.22 bits per heavy atom. The van der Waals surface area contributed by atoms with Gasteiger partial charge in [-0.3, -0.25) is 9.48 Å². The Bertz CT molecular complexity index is 531. The molecule has 0 aliphatic rings. The normalized spacial score (nSPS) is 10.6. The van der Waals surface area contributed by atoms with E-state index in [0.717, 1.165) is 0 Å². The van der Waals surface area contributed by atoms with E-state index in [1.165, 1.54) is 6.20 Å². The Hall–Kier alpha value is -2.15. The molecule has 0 aliphatic carbocycles. The average molecular weight is 249 g/mol. The summed E-state index contributed by atoms with van der Waals surface area (Å²) < 4.78 is 8.39. The lowest BCUT2D eigenvalue weighted by Gasteiger charge is -2.00. The van der Waals surface area contributed by atoms with Crippen molar-refractivity contribution in [2.24, 2.45) is 7.05 Å². The molecule has 0 aliphatic heterocycles. The van der Waals surface area contributed by atoms with Gasteiger partial charge in [0.25, 0.3) is 5.91 Å². The molecule has 0 saturated heterocycles. The zero-order valence-electron chi connectivity index (χ0n) is 10.3. The highest BCUT2D eigenvalue weighted by atomic mass is 16.5. The number of carbonyl (C=O) groups is 1. The first-order valence-electron chi connectivity index (χ1n) is 5.59. The summed E-state index contributed by atoms with van der Waals surface area (Å²) in [5, 5.41) is 10.7. The molecular formula is C11H15N5O2. The van der Waals surface area contributed by atoms with E-state index in [1.54, 1.807) is 35.0 Å². The Labute approximate surface area is 104 Å². The van der Waals surface area contributed by atoms with Crippen molar-refractivity contribution in [3.63, 3.8) is 0 Å². The molecule has 0 atom stereocenters. The molecule has 7 nitrogen and oxygen atoms in total. The highest BCUT2D eigenvalue weighted by Gasteiger charge is 2.09. The van der Waals surface area contributed by atoms with Crippen LogP contribution in [0.2, 0.25) is 0 Å². The lowest BCUT2D eigenvalue weighted by molar-refractivity contribution is 0.0792. The zero-order chi connectivity index (χ0) is 13.0. The maximum absolute atomic E-state index is 11.8. The third-order valence-electron chi connectivity index (χ3n) is 2.29. The summed E-state index contributed by atoms with van der Waals surface area (Å²) in [5.74, 6) is -0.209. The first kappa shape index (κ1) is 12.3. The van der Waals surface area contributed by atoms with Gasteiger partial charge >= 0.3 is 0 Å². The number of rotatable bonds is 5. The highest BCUT2D eigenvalue weighted by Crippen LogP contribution is 2.07. The van der Waals surface area contributed by atoms with Crippen molar-refractivity contribution in [2.75, 3.05) is 11.9 Å². The third-order valence-corrected chi connectivity index (χ3v) is 2.29. The molecule has 0 radical (unpaired) electrons. The molecule has 7 heteroatoms. The molecule has 0 fully saturated rings. The minimum atomic E-state index is -0.209. The van der Waals surface area contributed by atoms with Crippen molar-refractivity contribution in [3.8, 4) is 0 Å². The van der Waals surface area contributed by atoms with Crippen LogP contribution in [0.1, 0.15) is 17.3 Å². The fourth-order valence-electron chi connectivity index (χ4n) is 1.43. The van der Waals surface area contributed by atoms with Crippen molar-refractivity contribution in [2.45, 2.75) is 13.7 Å². The van der Waals surface area contributed by atoms with Crippen LogP contribution in [-0.2, 0) is 18.5 Å². The third kappa shape index (κ3) is 2.95. The number of hydrogen-bond acceptors (Lipinski definition) is 4. The molecule has 1 amide bonds. The van der Waals surface area contributed by atoms with Crippen LogP contribution in [0.5, 0.6) is 0 Å². The standard InChI is InChI=1S/C11H15N5O2/c1-3-18-8-16-7-10(5-13-16)14-11(17)9-4-12-15(2)6-9/h4-7H,3,8H2,1-2H3,(H,14,17).